The molecule has 1 aliphatic heterocycles. The number of rotatable bonds is 6. The van der Waals surface area contributed by atoms with Crippen molar-refractivity contribution in [2.24, 2.45) is 0 Å². The Morgan fingerprint density at radius 3 is 2.57 bits per heavy atom. The molecule has 0 amide bonds. The molecule has 0 radical (unpaired) electrons. The summed E-state index contributed by atoms with van der Waals surface area (Å²) in [6.07, 6.45) is 5.96. The SMILES string of the molecule is CCCCCNC1(CCl)CCOCC1. The molecule has 0 aromatic rings. The lowest BCUT2D eigenvalue weighted by Gasteiger charge is -2.36. The van der Waals surface area contributed by atoms with E-state index in [1.54, 1.807) is 0 Å². The second-order valence-electron chi connectivity index (χ2n) is 4.16. The van der Waals surface area contributed by atoms with Gasteiger partial charge in [0.2, 0.25) is 0 Å². The zero-order valence-electron chi connectivity index (χ0n) is 9.15. The van der Waals surface area contributed by atoms with E-state index >= 15 is 0 Å². The first-order valence-electron chi connectivity index (χ1n) is 5.72. The van der Waals surface area contributed by atoms with Crippen LogP contribution >= 0.6 is 11.6 Å². The Kier molecular flexibility index (Phi) is 5.83. The smallest absolute Gasteiger partial charge is 0.0484 e. The molecule has 2 nitrogen and oxygen atoms in total. The molecule has 0 aromatic heterocycles. The van der Waals surface area contributed by atoms with Crippen LogP contribution in [0.3, 0.4) is 0 Å². The third-order valence-corrected chi connectivity index (χ3v) is 3.50. The Labute approximate surface area is 92.3 Å². The van der Waals surface area contributed by atoms with Crippen molar-refractivity contribution in [2.75, 3.05) is 25.6 Å². The van der Waals surface area contributed by atoms with E-state index < -0.39 is 0 Å². The summed E-state index contributed by atoms with van der Waals surface area (Å²) in [5.41, 5.74) is 0.160. The Bertz CT molecular complexity index is 146. The normalized spacial score (nSPS) is 21.0. The molecular weight excluding hydrogens is 198 g/mol. The molecule has 1 aliphatic rings. The van der Waals surface area contributed by atoms with E-state index in [9.17, 15) is 0 Å². The lowest BCUT2D eigenvalue weighted by atomic mass is 9.92. The zero-order chi connectivity index (χ0) is 10.3. The topological polar surface area (TPSA) is 21.3 Å². The van der Waals surface area contributed by atoms with Gasteiger partial charge in [-0.3, -0.25) is 0 Å². The summed E-state index contributed by atoms with van der Waals surface area (Å²) in [6, 6.07) is 0. The first-order chi connectivity index (χ1) is 6.83. The van der Waals surface area contributed by atoms with Crippen molar-refractivity contribution in [3.63, 3.8) is 0 Å². The highest BCUT2D eigenvalue weighted by Crippen LogP contribution is 2.22. The highest BCUT2D eigenvalue weighted by Gasteiger charge is 2.30. The quantitative estimate of drug-likeness (QED) is 0.548. The third kappa shape index (κ3) is 3.76. The molecule has 0 spiro atoms. The van der Waals surface area contributed by atoms with Crippen LogP contribution in [-0.2, 0) is 4.74 Å². The molecule has 0 bridgehead atoms. The van der Waals surface area contributed by atoms with E-state index in [4.69, 9.17) is 16.3 Å². The second-order valence-corrected chi connectivity index (χ2v) is 4.43. The minimum absolute atomic E-state index is 0.160. The van der Waals surface area contributed by atoms with Gasteiger partial charge in [0.25, 0.3) is 0 Å². The molecule has 1 rings (SSSR count). The van der Waals surface area contributed by atoms with E-state index in [-0.39, 0.29) is 5.54 Å². The van der Waals surface area contributed by atoms with Crippen molar-refractivity contribution in [3.8, 4) is 0 Å². The summed E-state index contributed by atoms with van der Waals surface area (Å²) in [5.74, 6) is 0.711. The van der Waals surface area contributed by atoms with Crippen molar-refractivity contribution < 1.29 is 4.74 Å². The average molecular weight is 220 g/mol. The van der Waals surface area contributed by atoms with E-state index in [0.29, 0.717) is 5.88 Å². The third-order valence-electron chi connectivity index (χ3n) is 2.99. The molecule has 3 heteroatoms. The van der Waals surface area contributed by atoms with Crippen LogP contribution in [0.2, 0.25) is 0 Å². The molecule has 1 heterocycles. The molecule has 1 fully saturated rings. The van der Waals surface area contributed by atoms with Crippen molar-refractivity contribution in [1.82, 2.24) is 5.32 Å². The first-order valence-corrected chi connectivity index (χ1v) is 6.25. The van der Waals surface area contributed by atoms with Crippen LogP contribution in [0.1, 0.15) is 39.0 Å². The van der Waals surface area contributed by atoms with E-state index in [2.05, 4.69) is 12.2 Å². The minimum Gasteiger partial charge on any atom is -0.381 e. The predicted molar refractivity (Wildman–Crippen MR) is 61.0 cm³/mol. The zero-order valence-corrected chi connectivity index (χ0v) is 9.91. The summed E-state index contributed by atoms with van der Waals surface area (Å²) in [6.45, 7) is 5.04. The monoisotopic (exact) mass is 219 g/mol. The maximum absolute atomic E-state index is 6.03. The second kappa shape index (κ2) is 6.65. The van der Waals surface area contributed by atoms with Crippen molar-refractivity contribution in [2.45, 2.75) is 44.6 Å². The van der Waals surface area contributed by atoms with Gasteiger partial charge >= 0.3 is 0 Å². The molecule has 14 heavy (non-hydrogen) atoms. The summed E-state index contributed by atoms with van der Waals surface area (Å²) >= 11 is 6.03. The predicted octanol–water partition coefficient (Wildman–Crippen LogP) is 2.55. The van der Waals surface area contributed by atoms with Gasteiger partial charge in [-0.05, 0) is 25.8 Å². The number of ether oxygens (including phenoxy) is 1. The highest BCUT2D eigenvalue weighted by atomic mass is 35.5. The maximum atomic E-state index is 6.03. The Morgan fingerprint density at radius 1 is 1.29 bits per heavy atom. The lowest BCUT2D eigenvalue weighted by molar-refractivity contribution is 0.0466. The molecular formula is C11H22ClNO. The highest BCUT2D eigenvalue weighted by molar-refractivity contribution is 6.18. The van der Waals surface area contributed by atoms with Gasteiger partial charge in [0.05, 0.1) is 0 Å². The van der Waals surface area contributed by atoms with Gasteiger partial charge in [-0.15, -0.1) is 11.6 Å². The Hall–Kier alpha value is 0.210. The molecule has 0 saturated carbocycles. The van der Waals surface area contributed by atoms with Crippen molar-refractivity contribution >= 4 is 11.6 Å². The number of nitrogens with one attached hydrogen (secondary N) is 1. The van der Waals surface area contributed by atoms with Crippen LogP contribution in [0.4, 0.5) is 0 Å². The Morgan fingerprint density at radius 2 is 2.00 bits per heavy atom. The molecule has 1 saturated heterocycles. The maximum Gasteiger partial charge on any atom is 0.0484 e. The van der Waals surface area contributed by atoms with Crippen LogP contribution in [0.5, 0.6) is 0 Å². The van der Waals surface area contributed by atoms with Gasteiger partial charge in [-0.2, -0.15) is 0 Å². The minimum atomic E-state index is 0.160. The van der Waals surface area contributed by atoms with Crippen molar-refractivity contribution in [3.05, 3.63) is 0 Å². The van der Waals surface area contributed by atoms with Gasteiger partial charge in [0.1, 0.15) is 0 Å². The standard InChI is InChI=1S/C11H22ClNO/c1-2-3-4-7-13-11(10-12)5-8-14-9-6-11/h13H,2-10H2,1H3. The van der Waals surface area contributed by atoms with Gasteiger partial charge in [0.15, 0.2) is 0 Å². The Balaban J connectivity index is 2.22. The van der Waals surface area contributed by atoms with Crippen LogP contribution in [-0.4, -0.2) is 31.2 Å². The van der Waals surface area contributed by atoms with Crippen molar-refractivity contribution in [1.29, 1.82) is 0 Å². The van der Waals surface area contributed by atoms with Gasteiger partial charge in [-0.25, -0.2) is 0 Å². The number of halogens is 1. The molecule has 1 N–H and O–H groups in total. The average Bonchev–Trinajstić information content (AvgIpc) is 2.26. The van der Waals surface area contributed by atoms with E-state index in [1.165, 1.54) is 19.3 Å². The van der Waals surface area contributed by atoms with Gasteiger partial charge < -0.3 is 10.1 Å². The fraction of sp³-hybridized carbons (Fsp3) is 1.00. The molecule has 0 aromatic carbocycles. The van der Waals surface area contributed by atoms with E-state index in [1.807, 2.05) is 0 Å². The summed E-state index contributed by atoms with van der Waals surface area (Å²) in [7, 11) is 0. The summed E-state index contributed by atoms with van der Waals surface area (Å²) in [4.78, 5) is 0. The van der Waals surface area contributed by atoms with E-state index in [0.717, 1.165) is 32.6 Å². The largest absolute Gasteiger partial charge is 0.381 e. The summed E-state index contributed by atoms with van der Waals surface area (Å²) in [5, 5.41) is 3.61. The number of alkyl halides is 1. The fourth-order valence-electron chi connectivity index (χ4n) is 1.85. The van der Waals surface area contributed by atoms with Crippen LogP contribution in [0.25, 0.3) is 0 Å². The number of hydrogen-bond donors (Lipinski definition) is 1. The molecule has 0 unspecified atom stereocenters. The van der Waals surface area contributed by atoms with Gasteiger partial charge in [0, 0.05) is 24.6 Å². The lowest BCUT2D eigenvalue weighted by Crippen LogP contribution is -2.51. The van der Waals surface area contributed by atoms with Gasteiger partial charge in [-0.1, -0.05) is 19.8 Å². The fourth-order valence-corrected chi connectivity index (χ4v) is 2.21. The first kappa shape index (κ1) is 12.3. The van der Waals surface area contributed by atoms with Crippen LogP contribution in [0.15, 0.2) is 0 Å². The number of hydrogen-bond acceptors (Lipinski definition) is 2. The summed E-state index contributed by atoms with van der Waals surface area (Å²) < 4.78 is 5.36. The molecule has 0 aliphatic carbocycles. The van der Waals surface area contributed by atoms with Crippen LogP contribution < -0.4 is 5.32 Å². The molecule has 0 atom stereocenters. The number of unbranched alkanes of at least 4 members (excludes halogenated alkanes) is 2. The van der Waals surface area contributed by atoms with Crippen LogP contribution in [0, 0.1) is 0 Å². The molecule has 84 valence electrons.